The van der Waals surface area contributed by atoms with Gasteiger partial charge in [-0.05, 0) is 48.4 Å². The van der Waals surface area contributed by atoms with Crippen LogP contribution in [0.15, 0.2) is 89.0 Å². The van der Waals surface area contributed by atoms with Crippen LogP contribution in [0.5, 0.6) is 0 Å². The fraction of sp³-hybridized carbons (Fsp3) is 0.120. The van der Waals surface area contributed by atoms with Gasteiger partial charge in [0.15, 0.2) is 9.84 Å². The van der Waals surface area contributed by atoms with E-state index >= 15 is 0 Å². The van der Waals surface area contributed by atoms with Crippen LogP contribution in [0.1, 0.15) is 18.2 Å². The van der Waals surface area contributed by atoms with Gasteiger partial charge in [-0.2, -0.15) is 13.2 Å². The molecule has 10 heteroatoms. The summed E-state index contributed by atoms with van der Waals surface area (Å²) < 4.78 is 66.4. The summed E-state index contributed by atoms with van der Waals surface area (Å²) in [6.45, 7) is 1.49. The average Bonchev–Trinajstić information content (AvgIpc) is 3.28. The van der Waals surface area contributed by atoms with Gasteiger partial charge in [0, 0.05) is 23.7 Å². The first-order chi connectivity index (χ1) is 16.5. The maximum atomic E-state index is 13.7. The van der Waals surface area contributed by atoms with E-state index in [1.54, 1.807) is 42.5 Å². The van der Waals surface area contributed by atoms with Gasteiger partial charge in [-0.3, -0.25) is 4.57 Å². The lowest BCUT2D eigenvalue weighted by atomic mass is 10.0. The molecule has 0 spiro atoms. The van der Waals surface area contributed by atoms with Crippen LogP contribution in [0.25, 0.3) is 28.2 Å². The molecular weight excluding hydrogens is 479 g/mol. The minimum Gasteiger partial charge on any atom is -0.411 e. The lowest BCUT2D eigenvalue weighted by Crippen LogP contribution is -2.09. The maximum absolute atomic E-state index is 13.7. The van der Waals surface area contributed by atoms with Crippen LogP contribution in [-0.4, -0.2) is 35.1 Å². The second-order valence-corrected chi connectivity index (χ2v) is 9.91. The molecule has 35 heavy (non-hydrogen) atoms. The molecule has 3 aromatic carbocycles. The van der Waals surface area contributed by atoms with Crippen molar-refractivity contribution in [1.29, 1.82) is 0 Å². The normalized spacial score (nSPS) is 12.7. The molecular formula is C25H20F3N3O3S. The fourth-order valence-corrected chi connectivity index (χ4v) is 4.31. The predicted octanol–water partition coefficient (Wildman–Crippen LogP) is 5.83. The number of nitrogens with zero attached hydrogens (tertiary/aromatic N) is 3. The van der Waals surface area contributed by atoms with Gasteiger partial charge in [0.05, 0.1) is 10.5 Å². The molecule has 180 valence electrons. The summed E-state index contributed by atoms with van der Waals surface area (Å²) in [5, 5.41) is 12.3. The van der Waals surface area contributed by atoms with Crippen molar-refractivity contribution in [3.8, 4) is 28.2 Å². The number of imidazole rings is 1. The number of benzene rings is 3. The Morgan fingerprint density at radius 1 is 0.971 bits per heavy atom. The molecule has 0 aliphatic rings. The second kappa shape index (κ2) is 9.03. The Bertz CT molecular complexity index is 1520. The summed E-state index contributed by atoms with van der Waals surface area (Å²) in [6, 6.07) is 18.5. The first-order valence-electron chi connectivity index (χ1n) is 10.3. The van der Waals surface area contributed by atoms with E-state index in [1.165, 1.54) is 42.0 Å². The van der Waals surface area contributed by atoms with E-state index < -0.39 is 21.6 Å². The molecule has 0 aliphatic heterocycles. The van der Waals surface area contributed by atoms with E-state index in [4.69, 9.17) is 0 Å². The van der Waals surface area contributed by atoms with Gasteiger partial charge in [-0.15, -0.1) is 0 Å². The molecule has 0 bridgehead atoms. The Labute approximate surface area is 199 Å². The number of alkyl halides is 3. The molecule has 0 amide bonds. The Kier molecular flexibility index (Phi) is 6.25. The fourth-order valence-electron chi connectivity index (χ4n) is 3.64. The van der Waals surface area contributed by atoms with Crippen LogP contribution in [0.3, 0.4) is 0 Å². The van der Waals surface area contributed by atoms with Gasteiger partial charge in [0.25, 0.3) is 0 Å². The third-order valence-electron chi connectivity index (χ3n) is 5.44. The molecule has 0 atom stereocenters. The van der Waals surface area contributed by atoms with Gasteiger partial charge in [0.2, 0.25) is 0 Å². The van der Waals surface area contributed by atoms with Gasteiger partial charge in [0.1, 0.15) is 17.2 Å². The van der Waals surface area contributed by atoms with Crippen molar-refractivity contribution in [2.75, 3.05) is 6.26 Å². The van der Waals surface area contributed by atoms with Gasteiger partial charge in [-0.25, -0.2) is 13.4 Å². The molecule has 1 aromatic heterocycles. The molecule has 0 fully saturated rings. The van der Waals surface area contributed by atoms with Crippen LogP contribution in [0.2, 0.25) is 0 Å². The number of hydrogen-bond acceptors (Lipinski definition) is 5. The number of aromatic nitrogens is 2. The Hall–Kier alpha value is -3.92. The number of halogens is 3. The lowest BCUT2D eigenvalue weighted by Gasteiger charge is -2.14. The smallest absolute Gasteiger partial charge is 0.411 e. The molecule has 0 radical (unpaired) electrons. The molecule has 0 unspecified atom stereocenters. The quantitative estimate of drug-likeness (QED) is 0.213. The first-order valence-corrected chi connectivity index (χ1v) is 12.2. The van der Waals surface area contributed by atoms with Crippen molar-refractivity contribution < 1.29 is 26.8 Å². The predicted molar refractivity (Wildman–Crippen MR) is 127 cm³/mol. The highest BCUT2D eigenvalue weighted by Crippen LogP contribution is 2.37. The van der Waals surface area contributed by atoms with Crippen molar-refractivity contribution >= 4 is 15.5 Å². The zero-order chi connectivity index (χ0) is 25.4. The van der Waals surface area contributed by atoms with Crippen LogP contribution in [0.4, 0.5) is 13.2 Å². The Morgan fingerprint density at radius 2 is 1.66 bits per heavy atom. The molecule has 0 aliphatic carbocycles. The van der Waals surface area contributed by atoms with Crippen molar-refractivity contribution in [1.82, 2.24) is 9.55 Å². The molecule has 1 N–H and O–H groups in total. The summed E-state index contributed by atoms with van der Waals surface area (Å²) >= 11 is 0. The maximum Gasteiger partial charge on any atom is 0.417 e. The number of oxime groups is 1. The van der Waals surface area contributed by atoms with Crippen LogP contribution < -0.4 is 0 Å². The highest BCUT2D eigenvalue weighted by molar-refractivity contribution is 7.90. The van der Waals surface area contributed by atoms with E-state index in [-0.39, 0.29) is 27.7 Å². The second-order valence-electron chi connectivity index (χ2n) is 7.90. The Balaban J connectivity index is 1.84. The topological polar surface area (TPSA) is 84.5 Å². The number of sulfone groups is 1. The van der Waals surface area contributed by atoms with Crippen LogP contribution >= 0.6 is 0 Å². The molecule has 0 saturated carbocycles. The van der Waals surface area contributed by atoms with Crippen LogP contribution in [-0.2, 0) is 16.0 Å². The standard InChI is InChI=1S/C25H20F3N3O3S/c1-16(30-32)23-15-31(24(29-23)21-8-3-4-9-22(21)25(26,27)28)19-12-10-17(11-13-19)18-6-5-7-20(14-18)35(2,33)34/h3-15,32H,1-2H3/b30-16-. The molecule has 1 heterocycles. The van der Waals surface area contributed by atoms with E-state index in [2.05, 4.69) is 10.1 Å². The van der Waals surface area contributed by atoms with Gasteiger partial charge >= 0.3 is 6.18 Å². The minimum atomic E-state index is -4.60. The van der Waals surface area contributed by atoms with E-state index in [0.29, 0.717) is 11.3 Å². The third-order valence-corrected chi connectivity index (χ3v) is 6.55. The first kappa shape index (κ1) is 24.2. The van der Waals surface area contributed by atoms with Crippen molar-refractivity contribution in [3.63, 3.8) is 0 Å². The summed E-state index contributed by atoms with van der Waals surface area (Å²) in [5.74, 6) is 0.0303. The summed E-state index contributed by atoms with van der Waals surface area (Å²) in [7, 11) is -3.38. The number of rotatable bonds is 5. The van der Waals surface area contributed by atoms with Crippen molar-refractivity contribution in [2.45, 2.75) is 18.0 Å². The number of hydrogen-bond donors (Lipinski definition) is 1. The van der Waals surface area contributed by atoms with Gasteiger partial charge in [-0.1, -0.05) is 47.6 Å². The SMILES string of the molecule is C/C(=N/O)c1cn(-c2ccc(-c3cccc(S(C)(=O)=O)c3)cc2)c(-c2ccccc2C(F)(F)F)n1. The molecule has 6 nitrogen and oxygen atoms in total. The molecule has 4 aromatic rings. The van der Waals surface area contributed by atoms with Gasteiger partial charge < -0.3 is 5.21 Å². The lowest BCUT2D eigenvalue weighted by molar-refractivity contribution is -0.137. The monoisotopic (exact) mass is 499 g/mol. The van der Waals surface area contributed by atoms with E-state index in [9.17, 15) is 26.8 Å². The third kappa shape index (κ3) is 4.97. The largest absolute Gasteiger partial charge is 0.417 e. The van der Waals surface area contributed by atoms with Crippen LogP contribution in [0, 0.1) is 0 Å². The summed E-state index contributed by atoms with van der Waals surface area (Å²) in [5.41, 5.74) is 1.31. The molecule has 4 rings (SSSR count). The van der Waals surface area contributed by atoms with E-state index in [0.717, 1.165) is 17.9 Å². The van der Waals surface area contributed by atoms with Crippen molar-refractivity contribution in [2.24, 2.45) is 5.16 Å². The highest BCUT2D eigenvalue weighted by Gasteiger charge is 2.34. The average molecular weight is 500 g/mol. The summed E-state index contributed by atoms with van der Waals surface area (Å²) in [4.78, 5) is 4.51. The highest BCUT2D eigenvalue weighted by atomic mass is 32.2. The van der Waals surface area contributed by atoms with Crippen molar-refractivity contribution in [3.05, 3.63) is 90.3 Å². The molecule has 0 saturated heterocycles. The summed E-state index contributed by atoms with van der Waals surface area (Å²) in [6.07, 6.45) is -1.97. The zero-order valence-corrected chi connectivity index (χ0v) is 19.5. The Morgan fingerprint density at radius 3 is 2.29 bits per heavy atom. The zero-order valence-electron chi connectivity index (χ0n) is 18.7. The minimum absolute atomic E-state index is 0.0303. The van der Waals surface area contributed by atoms with E-state index in [1.807, 2.05) is 0 Å².